The minimum atomic E-state index is -2.99. The van der Waals surface area contributed by atoms with Crippen LogP contribution in [0.25, 0.3) is 0 Å². The maximum atomic E-state index is 11.4. The van der Waals surface area contributed by atoms with Gasteiger partial charge in [-0.05, 0) is 30.6 Å². The summed E-state index contributed by atoms with van der Waals surface area (Å²) in [4.78, 5) is 2.45. The smallest absolute Gasteiger partial charge is 0.211 e. The van der Waals surface area contributed by atoms with Crippen LogP contribution in [0.4, 0.5) is 0 Å². The number of fused-ring (bicyclic) bond motifs is 2. The van der Waals surface area contributed by atoms with E-state index in [-0.39, 0.29) is 0 Å². The Hall–Kier alpha value is -0.390. The number of nitrogens with zero attached hydrogens (tertiary/aromatic N) is 2. The van der Waals surface area contributed by atoms with Crippen LogP contribution in [-0.4, -0.2) is 56.6 Å². The summed E-state index contributed by atoms with van der Waals surface area (Å²) in [5.41, 5.74) is 0. The minimum Gasteiger partial charge on any atom is -0.300 e. The number of sulfonamides is 1. The molecule has 18 heavy (non-hydrogen) atoms. The van der Waals surface area contributed by atoms with Crippen molar-refractivity contribution < 1.29 is 8.42 Å². The number of allylic oxidation sites excluding steroid dienone is 2. The minimum absolute atomic E-state index is 0.662. The van der Waals surface area contributed by atoms with Crippen molar-refractivity contribution in [3.8, 4) is 0 Å². The molecule has 1 aliphatic heterocycles. The molecule has 2 fully saturated rings. The summed E-state index contributed by atoms with van der Waals surface area (Å²) in [5.74, 6) is 2.44. The molecular formula is C13H22N2O2S. The summed E-state index contributed by atoms with van der Waals surface area (Å²) in [6.07, 6.45) is 8.78. The Bertz CT molecular complexity index is 438. The molecule has 1 heterocycles. The standard InChI is InChI=1S/C13H22N2O2S/c1-18(16,17)15-6-4-14(5-7-15)10-13-9-11-2-3-12(13)8-11/h2-3,11-13H,4-10H2,1H3/t11-,12-,13-/m1/s1. The Balaban J connectivity index is 1.50. The van der Waals surface area contributed by atoms with Gasteiger partial charge in [0.1, 0.15) is 0 Å². The third-order valence-electron chi connectivity index (χ3n) is 4.71. The molecule has 0 spiro atoms. The zero-order valence-electron chi connectivity index (χ0n) is 11.0. The Kier molecular flexibility index (Phi) is 3.24. The van der Waals surface area contributed by atoms with Gasteiger partial charge >= 0.3 is 0 Å². The zero-order valence-corrected chi connectivity index (χ0v) is 11.8. The molecule has 102 valence electrons. The highest BCUT2D eigenvalue weighted by molar-refractivity contribution is 7.88. The summed E-state index contributed by atoms with van der Waals surface area (Å²) < 4.78 is 24.5. The molecular weight excluding hydrogens is 248 g/mol. The van der Waals surface area contributed by atoms with Gasteiger partial charge in [0, 0.05) is 32.7 Å². The second kappa shape index (κ2) is 4.62. The van der Waals surface area contributed by atoms with Crippen LogP contribution in [0, 0.1) is 17.8 Å². The lowest BCUT2D eigenvalue weighted by molar-refractivity contribution is 0.156. The van der Waals surface area contributed by atoms with E-state index < -0.39 is 10.0 Å². The lowest BCUT2D eigenvalue weighted by atomic mass is 9.93. The molecule has 0 aromatic rings. The Morgan fingerprint density at radius 2 is 1.83 bits per heavy atom. The van der Waals surface area contributed by atoms with E-state index in [1.807, 2.05) is 0 Å². The molecule has 0 aromatic carbocycles. The SMILES string of the molecule is CS(=O)(=O)N1CCN(C[C@H]2C[C@@H]3C=C[C@@H]2C3)CC1. The van der Waals surface area contributed by atoms with E-state index in [0.29, 0.717) is 13.1 Å². The fourth-order valence-corrected chi connectivity index (χ4v) is 4.51. The molecule has 3 aliphatic rings. The van der Waals surface area contributed by atoms with Crippen molar-refractivity contribution in [3.63, 3.8) is 0 Å². The normalized spacial score (nSPS) is 37.5. The van der Waals surface area contributed by atoms with Gasteiger partial charge in [-0.3, -0.25) is 0 Å². The predicted molar refractivity (Wildman–Crippen MR) is 71.7 cm³/mol. The van der Waals surface area contributed by atoms with Crippen LogP contribution in [0.5, 0.6) is 0 Å². The van der Waals surface area contributed by atoms with Gasteiger partial charge in [-0.25, -0.2) is 8.42 Å². The van der Waals surface area contributed by atoms with Crippen molar-refractivity contribution >= 4 is 10.0 Å². The highest BCUT2D eigenvalue weighted by atomic mass is 32.2. The van der Waals surface area contributed by atoms with E-state index in [9.17, 15) is 8.42 Å². The van der Waals surface area contributed by atoms with Crippen LogP contribution < -0.4 is 0 Å². The average molecular weight is 270 g/mol. The molecule has 0 radical (unpaired) electrons. The lowest BCUT2D eigenvalue weighted by Crippen LogP contribution is -2.49. The van der Waals surface area contributed by atoms with Gasteiger partial charge in [-0.15, -0.1) is 0 Å². The topological polar surface area (TPSA) is 40.6 Å². The molecule has 3 atom stereocenters. The van der Waals surface area contributed by atoms with Crippen molar-refractivity contribution in [2.75, 3.05) is 39.0 Å². The summed E-state index contributed by atoms with van der Waals surface area (Å²) in [6, 6.07) is 0. The molecule has 0 N–H and O–H groups in total. The summed E-state index contributed by atoms with van der Waals surface area (Å²) in [7, 11) is -2.99. The van der Waals surface area contributed by atoms with Gasteiger partial charge in [0.15, 0.2) is 0 Å². The lowest BCUT2D eigenvalue weighted by Gasteiger charge is -2.35. The van der Waals surface area contributed by atoms with E-state index in [1.54, 1.807) is 4.31 Å². The summed E-state index contributed by atoms with van der Waals surface area (Å²) in [6.45, 7) is 4.27. The molecule has 0 amide bonds. The first-order chi connectivity index (χ1) is 8.52. The third-order valence-corrected chi connectivity index (χ3v) is 6.01. The van der Waals surface area contributed by atoms with Crippen molar-refractivity contribution in [1.82, 2.24) is 9.21 Å². The van der Waals surface area contributed by atoms with Gasteiger partial charge < -0.3 is 4.90 Å². The maximum absolute atomic E-state index is 11.4. The zero-order chi connectivity index (χ0) is 12.8. The molecule has 3 rings (SSSR count). The predicted octanol–water partition coefficient (Wildman–Crippen LogP) is 0.776. The highest BCUT2D eigenvalue weighted by Gasteiger charge is 2.37. The van der Waals surface area contributed by atoms with Crippen LogP contribution in [0.1, 0.15) is 12.8 Å². The second-order valence-corrected chi connectivity index (χ2v) is 7.99. The first-order valence-corrected chi connectivity index (χ1v) is 8.73. The fourth-order valence-electron chi connectivity index (χ4n) is 3.68. The molecule has 2 aliphatic carbocycles. The number of hydrogen-bond donors (Lipinski definition) is 0. The van der Waals surface area contributed by atoms with Crippen molar-refractivity contribution in [1.29, 1.82) is 0 Å². The molecule has 0 unspecified atom stereocenters. The number of piperazine rings is 1. The van der Waals surface area contributed by atoms with Crippen molar-refractivity contribution in [2.24, 2.45) is 17.8 Å². The van der Waals surface area contributed by atoms with E-state index in [1.165, 1.54) is 19.1 Å². The van der Waals surface area contributed by atoms with Crippen molar-refractivity contribution in [3.05, 3.63) is 12.2 Å². The highest BCUT2D eigenvalue weighted by Crippen LogP contribution is 2.43. The molecule has 4 nitrogen and oxygen atoms in total. The molecule has 1 saturated heterocycles. The quantitative estimate of drug-likeness (QED) is 0.712. The monoisotopic (exact) mass is 270 g/mol. The number of rotatable bonds is 3. The van der Waals surface area contributed by atoms with E-state index >= 15 is 0 Å². The maximum Gasteiger partial charge on any atom is 0.211 e. The van der Waals surface area contributed by atoms with Gasteiger partial charge in [-0.2, -0.15) is 4.31 Å². The molecule has 2 bridgehead atoms. The Morgan fingerprint density at radius 1 is 1.11 bits per heavy atom. The Labute approximate surface area is 110 Å². The van der Waals surface area contributed by atoms with E-state index in [4.69, 9.17) is 0 Å². The van der Waals surface area contributed by atoms with Crippen LogP contribution in [0.3, 0.4) is 0 Å². The summed E-state index contributed by atoms with van der Waals surface area (Å²) in [5, 5.41) is 0. The van der Waals surface area contributed by atoms with Crippen LogP contribution in [-0.2, 0) is 10.0 Å². The van der Waals surface area contributed by atoms with E-state index in [2.05, 4.69) is 17.1 Å². The van der Waals surface area contributed by atoms with Gasteiger partial charge in [0.25, 0.3) is 0 Å². The van der Waals surface area contributed by atoms with Crippen LogP contribution >= 0.6 is 0 Å². The Morgan fingerprint density at radius 3 is 2.33 bits per heavy atom. The average Bonchev–Trinajstić information content (AvgIpc) is 2.90. The first kappa shape index (κ1) is 12.6. The summed E-state index contributed by atoms with van der Waals surface area (Å²) >= 11 is 0. The van der Waals surface area contributed by atoms with Gasteiger partial charge in [-0.1, -0.05) is 12.2 Å². The van der Waals surface area contributed by atoms with Gasteiger partial charge in [0.05, 0.1) is 6.26 Å². The van der Waals surface area contributed by atoms with Crippen LogP contribution in [0.2, 0.25) is 0 Å². The first-order valence-electron chi connectivity index (χ1n) is 6.88. The molecule has 1 saturated carbocycles. The van der Waals surface area contributed by atoms with Gasteiger partial charge in [0.2, 0.25) is 10.0 Å². The van der Waals surface area contributed by atoms with Crippen LogP contribution in [0.15, 0.2) is 12.2 Å². The number of hydrogen-bond acceptors (Lipinski definition) is 3. The fraction of sp³-hybridized carbons (Fsp3) is 0.846. The molecule has 5 heteroatoms. The third kappa shape index (κ3) is 2.49. The van der Waals surface area contributed by atoms with E-state index in [0.717, 1.165) is 37.4 Å². The largest absolute Gasteiger partial charge is 0.300 e. The second-order valence-electron chi connectivity index (χ2n) is 6.00. The van der Waals surface area contributed by atoms with Crippen molar-refractivity contribution in [2.45, 2.75) is 12.8 Å². The molecule has 0 aromatic heterocycles.